The Balaban J connectivity index is 1.74. The maximum atomic E-state index is 12.7. The number of aryl methyl sites for hydroxylation is 1. The summed E-state index contributed by atoms with van der Waals surface area (Å²) in [4.78, 5) is 12.7. The summed E-state index contributed by atoms with van der Waals surface area (Å²) in [7, 11) is 3.14. The molecule has 0 atom stereocenters. The Labute approximate surface area is 146 Å². The molecule has 0 aliphatic carbocycles. The van der Waals surface area contributed by atoms with Gasteiger partial charge in [0.05, 0.1) is 12.7 Å². The molecule has 0 amide bonds. The van der Waals surface area contributed by atoms with Crippen LogP contribution in [-0.4, -0.2) is 33.6 Å². The van der Waals surface area contributed by atoms with E-state index in [2.05, 4.69) is 0 Å². The van der Waals surface area contributed by atoms with Gasteiger partial charge in [-0.25, -0.2) is 0 Å². The van der Waals surface area contributed by atoms with Crippen molar-refractivity contribution in [1.82, 2.24) is 0 Å². The van der Waals surface area contributed by atoms with E-state index >= 15 is 0 Å². The zero-order chi connectivity index (χ0) is 17.6. The van der Waals surface area contributed by atoms with Crippen LogP contribution in [0.15, 0.2) is 36.4 Å². The molecule has 132 valence electrons. The first-order valence-electron chi connectivity index (χ1n) is 7.93. The lowest BCUT2D eigenvalue weighted by Gasteiger charge is -2.12. The number of ether oxygens (including phenoxy) is 5. The third-order valence-corrected chi connectivity index (χ3v) is 3.92. The lowest BCUT2D eigenvalue weighted by atomic mass is 10.0. The van der Waals surface area contributed by atoms with Crippen LogP contribution in [0.2, 0.25) is 0 Å². The van der Waals surface area contributed by atoms with E-state index in [0.717, 1.165) is 11.3 Å². The quantitative estimate of drug-likeness (QED) is 0.541. The highest BCUT2D eigenvalue weighted by Crippen LogP contribution is 2.43. The second kappa shape index (κ2) is 7.90. The number of hydrogen-bond acceptors (Lipinski definition) is 6. The van der Waals surface area contributed by atoms with Crippen LogP contribution in [-0.2, 0) is 11.2 Å². The molecule has 1 aliphatic rings. The number of methoxy groups -OCH3 is 2. The summed E-state index contributed by atoms with van der Waals surface area (Å²) < 4.78 is 26.4. The van der Waals surface area contributed by atoms with Crippen molar-refractivity contribution in [1.29, 1.82) is 0 Å². The number of benzene rings is 2. The highest BCUT2D eigenvalue weighted by molar-refractivity contribution is 6.00. The minimum absolute atomic E-state index is 0.0264. The Morgan fingerprint density at radius 2 is 1.88 bits per heavy atom. The van der Waals surface area contributed by atoms with E-state index in [0.29, 0.717) is 35.7 Å². The van der Waals surface area contributed by atoms with Gasteiger partial charge in [0.25, 0.3) is 0 Å². The minimum Gasteiger partial charge on any atom is -0.497 e. The number of carbonyl (C=O) groups is 1. The molecule has 0 fully saturated rings. The van der Waals surface area contributed by atoms with E-state index in [-0.39, 0.29) is 19.4 Å². The molecule has 0 saturated heterocycles. The average molecular weight is 344 g/mol. The SMILES string of the molecule is COCOc1c(C(=O)CCc2ccc(OC)cc2)ccc2c1OCO2. The monoisotopic (exact) mass is 344 g/mol. The van der Waals surface area contributed by atoms with E-state index in [1.54, 1.807) is 19.2 Å². The molecule has 2 aromatic carbocycles. The molecule has 0 spiro atoms. The largest absolute Gasteiger partial charge is 0.497 e. The van der Waals surface area contributed by atoms with Crippen LogP contribution >= 0.6 is 0 Å². The van der Waals surface area contributed by atoms with Gasteiger partial charge < -0.3 is 23.7 Å². The predicted octanol–water partition coefficient (Wildman–Crippen LogP) is 3.22. The number of fused-ring (bicyclic) bond motifs is 1. The average Bonchev–Trinajstić information content (AvgIpc) is 3.13. The third-order valence-electron chi connectivity index (χ3n) is 3.92. The molecular formula is C19H20O6. The van der Waals surface area contributed by atoms with Crippen molar-refractivity contribution in [2.75, 3.05) is 27.8 Å². The van der Waals surface area contributed by atoms with Crippen molar-refractivity contribution >= 4 is 5.78 Å². The van der Waals surface area contributed by atoms with Gasteiger partial charge in [0.15, 0.2) is 24.1 Å². The Morgan fingerprint density at radius 1 is 1.08 bits per heavy atom. The molecule has 1 aliphatic heterocycles. The predicted molar refractivity (Wildman–Crippen MR) is 90.7 cm³/mol. The van der Waals surface area contributed by atoms with Gasteiger partial charge in [-0.1, -0.05) is 12.1 Å². The first kappa shape index (κ1) is 17.1. The normalized spacial score (nSPS) is 12.1. The number of ketones is 1. The molecule has 0 radical (unpaired) electrons. The molecule has 6 heteroatoms. The summed E-state index contributed by atoms with van der Waals surface area (Å²) in [6, 6.07) is 11.1. The summed E-state index contributed by atoms with van der Waals surface area (Å²) in [5.74, 6) is 2.16. The van der Waals surface area contributed by atoms with E-state index in [9.17, 15) is 4.79 Å². The highest BCUT2D eigenvalue weighted by Gasteiger charge is 2.25. The Bertz CT molecular complexity index is 738. The van der Waals surface area contributed by atoms with E-state index in [1.807, 2.05) is 24.3 Å². The lowest BCUT2D eigenvalue weighted by molar-refractivity contribution is 0.0476. The van der Waals surface area contributed by atoms with Crippen LogP contribution in [0.4, 0.5) is 0 Å². The molecule has 0 unspecified atom stereocenters. The van der Waals surface area contributed by atoms with Crippen molar-refractivity contribution < 1.29 is 28.5 Å². The van der Waals surface area contributed by atoms with Gasteiger partial charge in [0.2, 0.25) is 12.5 Å². The van der Waals surface area contributed by atoms with Crippen molar-refractivity contribution in [2.24, 2.45) is 0 Å². The molecule has 0 bridgehead atoms. The van der Waals surface area contributed by atoms with Gasteiger partial charge in [-0.3, -0.25) is 4.79 Å². The first-order valence-corrected chi connectivity index (χ1v) is 7.93. The number of hydrogen-bond donors (Lipinski definition) is 0. The highest BCUT2D eigenvalue weighted by atomic mass is 16.7. The van der Waals surface area contributed by atoms with Gasteiger partial charge in [-0.2, -0.15) is 0 Å². The van der Waals surface area contributed by atoms with Crippen LogP contribution in [0, 0.1) is 0 Å². The maximum Gasteiger partial charge on any atom is 0.231 e. The van der Waals surface area contributed by atoms with E-state index in [1.165, 1.54) is 7.11 Å². The Morgan fingerprint density at radius 3 is 2.60 bits per heavy atom. The summed E-state index contributed by atoms with van der Waals surface area (Å²) in [5.41, 5.74) is 1.53. The fourth-order valence-electron chi connectivity index (χ4n) is 2.61. The molecule has 0 aromatic heterocycles. The van der Waals surface area contributed by atoms with Gasteiger partial charge in [-0.15, -0.1) is 0 Å². The number of carbonyl (C=O) groups excluding carboxylic acids is 1. The zero-order valence-electron chi connectivity index (χ0n) is 14.2. The van der Waals surface area contributed by atoms with Crippen LogP contribution in [0.25, 0.3) is 0 Å². The molecule has 1 heterocycles. The zero-order valence-corrected chi connectivity index (χ0v) is 14.2. The van der Waals surface area contributed by atoms with Crippen molar-refractivity contribution in [3.63, 3.8) is 0 Å². The molecule has 25 heavy (non-hydrogen) atoms. The Kier molecular flexibility index (Phi) is 5.40. The molecule has 0 N–H and O–H groups in total. The fourth-order valence-corrected chi connectivity index (χ4v) is 2.61. The van der Waals surface area contributed by atoms with Crippen molar-refractivity contribution in [3.05, 3.63) is 47.5 Å². The fraction of sp³-hybridized carbons (Fsp3) is 0.316. The van der Waals surface area contributed by atoms with Crippen LogP contribution < -0.4 is 18.9 Å². The molecular weight excluding hydrogens is 324 g/mol. The molecule has 0 saturated carbocycles. The molecule has 2 aromatic rings. The molecule has 3 rings (SSSR count). The number of rotatable bonds is 8. The summed E-state index contributed by atoms with van der Waals surface area (Å²) >= 11 is 0. The van der Waals surface area contributed by atoms with Gasteiger partial charge in [0, 0.05) is 13.5 Å². The van der Waals surface area contributed by atoms with Crippen LogP contribution in [0.3, 0.4) is 0 Å². The van der Waals surface area contributed by atoms with Gasteiger partial charge >= 0.3 is 0 Å². The van der Waals surface area contributed by atoms with Crippen LogP contribution in [0.1, 0.15) is 22.3 Å². The van der Waals surface area contributed by atoms with E-state index < -0.39 is 0 Å². The van der Waals surface area contributed by atoms with Gasteiger partial charge in [-0.05, 0) is 36.2 Å². The number of Topliss-reactive ketones (excluding diaryl/α,β-unsaturated/α-hetero) is 1. The van der Waals surface area contributed by atoms with Crippen molar-refractivity contribution in [2.45, 2.75) is 12.8 Å². The Hall–Kier alpha value is -2.73. The smallest absolute Gasteiger partial charge is 0.231 e. The summed E-state index contributed by atoms with van der Waals surface area (Å²) in [6.45, 7) is 0.140. The standard InChI is InChI=1S/C19H20O6/c1-21-11-24-18-15(8-10-17-19(18)25-12-23-17)16(20)9-5-13-3-6-14(22-2)7-4-13/h3-4,6-8,10H,5,9,11-12H2,1-2H3. The topological polar surface area (TPSA) is 63.2 Å². The van der Waals surface area contributed by atoms with Crippen molar-refractivity contribution in [3.8, 4) is 23.0 Å². The summed E-state index contributed by atoms with van der Waals surface area (Å²) in [5, 5.41) is 0. The second-order valence-electron chi connectivity index (χ2n) is 5.50. The van der Waals surface area contributed by atoms with Gasteiger partial charge in [0.1, 0.15) is 5.75 Å². The maximum absolute atomic E-state index is 12.7. The second-order valence-corrected chi connectivity index (χ2v) is 5.50. The first-order chi connectivity index (χ1) is 12.2. The lowest BCUT2D eigenvalue weighted by Crippen LogP contribution is -2.08. The van der Waals surface area contributed by atoms with E-state index in [4.69, 9.17) is 23.7 Å². The minimum atomic E-state index is -0.0276. The third kappa shape index (κ3) is 3.85. The summed E-state index contributed by atoms with van der Waals surface area (Å²) in [6.07, 6.45) is 0.982. The van der Waals surface area contributed by atoms with Crippen LogP contribution in [0.5, 0.6) is 23.0 Å². The molecule has 6 nitrogen and oxygen atoms in total.